The number of carbonyl (C=O) groups excluding carboxylic acids is 1. The number of amides is 1. The van der Waals surface area contributed by atoms with Crippen molar-refractivity contribution in [2.75, 3.05) is 13.8 Å². The first-order valence-electron chi connectivity index (χ1n) is 8.79. The van der Waals surface area contributed by atoms with Crippen LogP contribution in [0.15, 0.2) is 35.4 Å². The molecule has 0 saturated carbocycles. The van der Waals surface area contributed by atoms with Crippen LogP contribution in [0.4, 0.5) is 4.39 Å². The normalized spacial score (nSPS) is 12.9. The Morgan fingerprint density at radius 1 is 1.34 bits per heavy atom. The molecule has 0 unspecified atom stereocenters. The number of hydrogen-bond acceptors (Lipinski definition) is 7. The number of aromatic nitrogens is 3. The minimum atomic E-state index is -4.17. The van der Waals surface area contributed by atoms with Crippen LogP contribution < -0.4 is 10.2 Å². The lowest BCUT2D eigenvalue weighted by molar-refractivity contribution is -0.134. The molecule has 10 nitrogen and oxygen atoms in total. The molecule has 2 aromatic rings. The van der Waals surface area contributed by atoms with Gasteiger partial charge in [-0.15, -0.1) is 5.10 Å². The zero-order valence-corrected chi connectivity index (χ0v) is 17.1. The molecule has 2 rings (SSSR count). The highest BCUT2D eigenvalue weighted by molar-refractivity contribution is 7.89. The van der Waals surface area contributed by atoms with Gasteiger partial charge in [-0.05, 0) is 30.2 Å². The topological polar surface area (TPSA) is 127 Å². The number of nitrogens with one attached hydrogen (secondary N) is 1. The standard InChI is InChI=1S/C17H24FN5O5S/c1-12(2)16(17(24)20-25)23(11-13-10-22(9-8-18)21-19-13)29(26,27)15-6-4-14(28-3)5-7-15/h4-7,10,12,16,25H,8-9,11H2,1-3H3,(H,20,24)/t16-/m1/s1. The average molecular weight is 429 g/mol. The lowest BCUT2D eigenvalue weighted by atomic mass is 10.0. The van der Waals surface area contributed by atoms with E-state index in [1.165, 1.54) is 47.7 Å². The van der Waals surface area contributed by atoms with Crippen molar-refractivity contribution in [3.8, 4) is 5.75 Å². The molecule has 1 amide bonds. The van der Waals surface area contributed by atoms with Crippen molar-refractivity contribution in [3.05, 3.63) is 36.2 Å². The van der Waals surface area contributed by atoms with Gasteiger partial charge in [0.2, 0.25) is 10.0 Å². The second-order valence-corrected chi connectivity index (χ2v) is 8.44. The predicted octanol–water partition coefficient (Wildman–Crippen LogP) is 0.977. The molecule has 1 aromatic heterocycles. The molecule has 1 heterocycles. The van der Waals surface area contributed by atoms with Crippen LogP contribution in [-0.2, 0) is 27.9 Å². The van der Waals surface area contributed by atoms with Gasteiger partial charge >= 0.3 is 0 Å². The summed E-state index contributed by atoms with van der Waals surface area (Å²) in [6, 6.07) is 4.46. The van der Waals surface area contributed by atoms with Gasteiger partial charge in [0.15, 0.2) is 0 Å². The van der Waals surface area contributed by atoms with Crippen LogP contribution in [0.2, 0.25) is 0 Å². The molecule has 0 bridgehead atoms. The number of alkyl halides is 1. The van der Waals surface area contributed by atoms with Crippen molar-refractivity contribution < 1.29 is 27.5 Å². The summed E-state index contributed by atoms with van der Waals surface area (Å²) in [5, 5.41) is 16.7. The van der Waals surface area contributed by atoms with E-state index in [-0.39, 0.29) is 23.7 Å². The number of hydroxylamine groups is 1. The Kier molecular flexibility index (Phi) is 7.65. The molecule has 0 aliphatic rings. The summed E-state index contributed by atoms with van der Waals surface area (Å²) in [5.41, 5.74) is 1.75. The zero-order valence-electron chi connectivity index (χ0n) is 16.3. The van der Waals surface area contributed by atoms with Crippen molar-refractivity contribution in [3.63, 3.8) is 0 Å². The SMILES string of the molecule is COc1ccc(S(=O)(=O)N(Cc2cn(CCF)nn2)[C@@H](C(=O)NO)C(C)C)cc1. The summed E-state index contributed by atoms with van der Waals surface area (Å²) >= 11 is 0. The van der Waals surface area contributed by atoms with Gasteiger partial charge in [-0.1, -0.05) is 19.1 Å². The Labute approximate surface area is 168 Å². The molecule has 0 radical (unpaired) electrons. The van der Waals surface area contributed by atoms with Gasteiger partial charge in [0, 0.05) is 6.20 Å². The number of benzene rings is 1. The molecule has 0 fully saturated rings. The molecule has 0 saturated heterocycles. The molecule has 12 heteroatoms. The fourth-order valence-electron chi connectivity index (χ4n) is 2.81. The minimum absolute atomic E-state index is 0.0248. The first kappa shape index (κ1) is 22.7. The van der Waals surface area contributed by atoms with Crippen LogP contribution >= 0.6 is 0 Å². The molecule has 0 aliphatic heterocycles. The lowest BCUT2D eigenvalue weighted by Crippen LogP contribution is -2.51. The van der Waals surface area contributed by atoms with Gasteiger partial charge in [-0.2, -0.15) is 4.31 Å². The predicted molar refractivity (Wildman–Crippen MR) is 100 cm³/mol. The number of carbonyl (C=O) groups is 1. The fourth-order valence-corrected chi connectivity index (χ4v) is 4.51. The number of halogens is 1. The largest absolute Gasteiger partial charge is 0.497 e. The molecule has 1 aromatic carbocycles. The Hall–Kier alpha value is -2.57. The van der Waals surface area contributed by atoms with E-state index in [1.54, 1.807) is 13.8 Å². The number of nitrogens with zero attached hydrogens (tertiary/aromatic N) is 4. The fraction of sp³-hybridized carbons (Fsp3) is 0.471. The Balaban J connectivity index is 2.49. The Morgan fingerprint density at radius 3 is 2.52 bits per heavy atom. The maximum atomic E-state index is 13.3. The van der Waals surface area contributed by atoms with Crippen LogP contribution in [-0.4, -0.2) is 58.7 Å². The summed E-state index contributed by atoms with van der Waals surface area (Å²) in [5.74, 6) is -0.887. The number of rotatable bonds is 10. The van der Waals surface area contributed by atoms with E-state index in [9.17, 15) is 17.6 Å². The summed E-state index contributed by atoms with van der Waals surface area (Å²) in [4.78, 5) is 12.2. The van der Waals surface area contributed by atoms with E-state index in [0.29, 0.717) is 5.75 Å². The third-order valence-electron chi connectivity index (χ3n) is 4.20. The number of methoxy groups -OCH3 is 1. The third kappa shape index (κ3) is 5.28. The zero-order chi connectivity index (χ0) is 21.6. The van der Waals surface area contributed by atoms with Crippen molar-refractivity contribution >= 4 is 15.9 Å². The number of ether oxygens (including phenoxy) is 1. The van der Waals surface area contributed by atoms with E-state index in [0.717, 1.165) is 4.31 Å². The van der Waals surface area contributed by atoms with Crippen molar-refractivity contribution in [1.29, 1.82) is 0 Å². The number of aryl methyl sites for hydroxylation is 1. The summed E-state index contributed by atoms with van der Waals surface area (Å²) in [6.45, 7) is 2.32. The molecule has 0 aliphatic carbocycles. The first-order valence-corrected chi connectivity index (χ1v) is 10.2. The highest BCUT2D eigenvalue weighted by Crippen LogP contribution is 2.26. The summed E-state index contributed by atoms with van der Waals surface area (Å²) in [7, 11) is -2.72. The van der Waals surface area contributed by atoms with E-state index in [4.69, 9.17) is 9.94 Å². The second-order valence-electron chi connectivity index (χ2n) is 6.55. The molecule has 29 heavy (non-hydrogen) atoms. The second kappa shape index (κ2) is 9.76. The van der Waals surface area contributed by atoms with Crippen LogP contribution in [0.1, 0.15) is 19.5 Å². The molecule has 160 valence electrons. The van der Waals surface area contributed by atoms with Crippen molar-refractivity contribution in [2.45, 2.75) is 37.9 Å². The molecule has 1 atom stereocenters. The highest BCUT2D eigenvalue weighted by Gasteiger charge is 2.38. The van der Waals surface area contributed by atoms with Crippen molar-refractivity contribution in [2.24, 2.45) is 5.92 Å². The van der Waals surface area contributed by atoms with Crippen LogP contribution in [0.5, 0.6) is 5.75 Å². The van der Waals surface area contributed by atoms with Crippen molar-refractivity contribution in [1.82, 2.24) is 24.8 Å². The van der Waals surface area contributed by atoms with Gasteiger partial charge in [0.1, 0.15) is 18.5 Å². The quantitative estimate of drug-likeness (QED) is 0.426. The van der Waals surface area contributed by atoms with Crippen LogP contribution in [0, 0.1) is 5.92 Å². The lowest BCUT2D eigenvalue weighted by Gasteiger charge is -2.31. The number of hydrogen-bond donors (Lipinski definition) is 2. The first-order chi connectivity index (χ1) is 13.7. The highest BCUT2D eigenvalue weighted by atomic mass is 32.2. The molecule has 2 N–H and O–H groups in total. The summed E-state index contributed by atoms with van der Waals surface area (Å²) < 4.78 is 46.4. The number of sulfonamides is 1. The van der Waals surface area contributed by atoms with Gasteiger partial charge < -0.3 is 4.74 Å². The summed E-state index contributed by atoms with van der Waals surface area (Å²) in [6.07, 6.45) is 1.41. The van der Waals surface area contributed by atoms with Crippen LogP contribution in [0.25, 0.3) is 0 Å². The van der Waals surface area contributed by atoms with E-state index >= 15 is 0 Å². The van der Waals surface area contributed by atoms with Gasteiger partial charge in [0.25, 0.3) is 5.91 Å². The van der Waals surface area contributed by atoms with Gasteiger partial charge in [-0.3, -0.25) is 10.0 Å². The Bertz CT molecular complexity index is 917. The minimum Gasteiger partial charge on any atom is -0.497 e. The van der Waals surface area contributed by atoms with E-state index in [1.807, 2.05) is 0 Å². The molecule has 0 spiro atoms. The molecular formula is C17H24FN5O5S. The van der Waals surface area contributed by atoms with Gasteiger partial charge in [-0.25, -0.2) is 23.0 Å². The van der Waals surface area contributed by atoms with Gasteiger partial charge in [0.05, 0.1) is 30.8 Å². The smallest absolute Gasteiger partial charge is 0.262 e. The monoisotopic (exact) mass is 429 g/mol. The molecular weight excluding hydrogens is 405 g/mol. The Morgan fingerprint density at radius 2 is 2.00 bits per heavy atom. The van der Waals surface area contributed by atoms with Crippen LogP contribution in [0.3, 0.4) is 0 Å². The van der Waals surface area contributed by atoms with E-state index < -0.39 is 34.6 Å². The third-order valence-corrected chi connectivity index (χ3v) is 6.05. The average Bonchev–Trinajstić information content (AvgIpc) is 3.14. The maximum Gasteiger partial charge on any atom is 0.262 e. The van der Waals surface area contributed by atoms with E-state index in [2.05, 4.69) is 10.3 Å². The maximum absolute atomic E-state index is 13.3.